The van der Waals surface area contributed by atoms with Gasteiger partial charge in [-0.25, -0.2) is 9.78 Å². The fraction of sp³-hybridized carbons (Fsp3) is 0.0909. The van der Waals surface area contributed by atoms with Crippen LogP contribution in [0.25, 0.3) is 38.5 Å². The second kappa shape index (κ2) is 6.71. The quantitative estimate of drug-likeness (QED) is 0.183. The van der Waals surface area contributed by atoms with Gasteiger partial charge in [0.15, 0.2) is 0 Å². The summed E-state index contributed by atoms with van der Waals surface area (Å²) < 4.78 is 3.50. The number of nitro groups is 1. The van der Waals surface area contributed by atoms with Crippen LogP contribution < -0.4 is 16.8 Å². The van der Waals surface area contributed by atoms with Gasteiger partial charge in [-0.05, 0) is 24.3 Å². The molecule has 0 aliphatic rings. The zero-order valence-corrected chi connectivity index (χ0v) is 17.0. The topological polar surface area (TPSA) is 122 Å². The summed E-state index contributed by atoms with van der Waals surface area (Å²) in [4.78, 5) is 54.7. The molecule has 10 heteroatoms. The summed E-state index contributed by atoms with van der Waals surface area (Å²) >= 11 is 0. The monoisotopic (exact) mass is 429 g/mol. The van der Waals surface area contributed by atoms with Gasteiger partial charge in [-0.3, -0.25) is 33.4 Å². The lowest BCUT2D eigenvalue weighted by Gasteiger charge is -2.16. The van der Waals surface area contributed by atoms with Gasteiger partial charge in [0.2, 0.25) is 0 Å². The third-order valence-electron chi connectivity index (χ3n) is 5.54. The molecular formula is C22H15N5O5. The number of para-hydroxylation sites is 1. The van der Waals surface area contributed by atoms with E-state index in [2.05, 4.69) is 4.98 Å². The van der Waals surface area contributed by atoms with Crippen LogP contribution in [-0.2, 0) is 14.1 Å². The largest absolute Gasteiger partial charge is 0.332 e. The van der Waals surface area contributed by atoms with E-state index in [1.165, 1.54) is 47.5 Å². The Labute approximate surface area is 178 Å². The Kier molecular flexibility index (Phi) is 4.06. The van der Waals surface area contributed by atoms with Crippen molar-refractivity contribution < 1.29 is 4.92 Å². The number of rotatable bonds is 2. The van der Waals surface area contributed by atoms with Gasteiger partial charge >= 0.3 is 5.69 Å². The Morgan fingerprint density at radius 3 is 2.31 bits per heavy atom. The van der Waals surface area contributed by atoms with E-state index in [1.54, 1.807) is 30.3 Å². The first kappa shape index (κ1) is 19.4. The second-order valence-corrected chi connectivity index (χ2v) is 7.40. The molecule has 5 rings (SSSR count). The van der Waals surface area contributed by atoms with Crippen LogP contribution in [0.15, 0.2) is 69.0 Å². The van der Waals surface area contributed by atoms with Crippen molar-refractivity contribution >= 4 is 38.5 Å². The molecule has 158 valence electrons. The minimum atomic E-state index is -0.591. The molecule has 10 nitrogen and oxygen atoms in total. The highest BCUT2D eigenvalue weighted by Gasteiger charge is 2.21. The van der Waals surface area contributed by atoms with Crippen LogP contribution in [0.5, 0.6) is 0 Å². The molecule has 0 aliphatic carbocycles. The van der Waals surface area contributed by atoms with Crippen molar-refractivity contribution in [3.05, 3.63) is 95.9 Å². The Bertz CT molecular complexity index is 1780. The molecule has 0 fully saturated rings. The minimum absolute atomic E-state index is 0.105. The number of aryl methyl sites for hydroxylation is 1. The molecule has 0 radical (unpaired) electrons. The Balaban J connectivity index is 2.11. The van der Waals surface area contributed by atoms with Crippen molar-refractivity contribution in [2.24, 2.45) is 14.1 Å². The van der Waals surface area contributed by atoms with Crippen LogP contribution in [0.2, 0.25) is 0 Å². The number of hydrogen-bond donors (Lipinski definition) is 0. The third kappa shape index (κ3) is 2.59. The zero-order valence-electron chi connectivity index (χ0n) is 17.0. The van der Waals surface area contributed by atoms with E-state index >= 15 is 0 Å². The lowest BCUT2D eigenvalue weighted by molar-refractivity contribution is -0.384. The van der Waals surface area contributed by atoms with E-state index in [-0.39, 0.29) is 27.6 Å². The molecule has 32 heavy (non-hydrogen) atoms. The summed E-state index contributed by atoms with van der Waals surface area (Å²) in [6.45, 7) is 0. The summed E-state index contributed by atoms with van der Waals surface area (Å²) in [6.07, 6.45) is 0. The first-order valence-electron chi connectivity index (χ1n) is 9.58. The van der Waals surface area contributed by atoms with Gasteiger partial charge in [0, 0.05) is 31.6 Å². The first-order valence-corrected chi connectivity index (χ1v) is 9.58. The van der Waals surface area contributed by atoms with Crippen molar-refractivity contribution in [1.82, 2.24) is 18.7 Å². The Morgan fingerprint density at radius 2 is 1.62 bits per heavy atom. The predicted octanol–water partition coefficient (Wildman–Crippen LogP) is 2.00. The maximum atomic E-state index is 13.6. The molecule has 0 atom stereocenters. The molecule has 0 aliphatic heterocycles. The highest BCUT2D eigenvalue weighted by Crippen LogP contribution is 2.26. The third-order valence-corrected chi connectivity index (χ3v) is 5.54. The summed E-state index contributed by atoms with van der Waals surface area (Å²) in [5.74, 6) is 0. The van der Waals surface area contributed by atoms with Gasteiger partial charge in [0.25, 0.3) is 16.8 Å². The number of fused-ring (bicyclic) bond motifs is 4. The molecule has 0 amide bonds. The summed E-state index contributed by atoms with van der Waals surface area (Å²) in [6, 6.07) is 14.2. The first-order chi connectivity index (χ1) is 15.3. The maximum Gasteiger partial charge on any atom is 0.332 e. The molecule has 0 bridgehead atoms. The molecule has 2 aromatic carbocycles. The maximum absolute atomic E-state index is 13.6. The van der Waals surface area contributed by atoms with Crippen molar-refractivity contribution in [1.29, 1.82) is 0 Å². The van der Waals surface area contributed by atoms with E-state index in [0.717, 1.165) is 4.57 Å². The molecule has 0 saturated heterocycles. The SMILES string of the molecule is Cn1c(=O)c2c3nc4ccc([N+](=O)[O-])cc4cc3c(=O)n(-c3ccccc3)c2n(C)c1=O. The lowest BCUT2D eigenvalue weighted by atomic mass is 10.1. The van der Waals surface area contributed by atoms with E-state index in [9.17, 15) is 24.5 Å². The number of aromatic nitrogens is 4. The fourth-order valence-electron chi connectivity index (χ4n) is 3.97. The molecule has 0 saturated carbocycles. The normalized spacial score (nSPS) is 11.4. The number of pyridine rings is 2. The number of nitro benzene ring substituents is 1. The summed E-state index contributed by atoms with van der Waals surface area (Å²) in [5.41, 5.74) is -0.702. The van der Waals surface area contributed by atoms with E-state index in [1.807, 2.05) is 0 Å². The van der Waals surface area contributed by atoms with Crippen LogP contribution in [0, 0.1) is 10.1 Å². The zero-order chi connectivity index (χ0) is 22.7. The van der Waals surface area contributed by atoms with Gasteiger partial charge in [-0.2, -0.15) is 0 Å². The van der Waals surface area contributed by atoms with Crippen LogP contribution >= 0.6 is 0 Å². The van der Waals surface area contributed by atoms with Gasteiger partial charge in [0.1, 0.15) is 11.0 Å². The van der Waals surface area contributed by atoms with Gasteiger partial charge < -0.3 is 0 Å². The lowest BCUT2D eigenvalue weighted by Crippen LogP contribution is -2.39. The second-order valence-electron chi connectivity index (χ2n) is 7.40. The van der Waals surface area contributed by atoms with Crippen molar-refractivity contribution in [3.63, 3.8) is 0 Å². The fourth-order valence-corrected chi connectivity index (χ4v) is 3.97. The smallest absolute Gasteiger partial charge is 0.281 e. The molecule has 5 aromatic rings. The van der Waals surface area contributed by atoms with Crippen LogP contribution in [0.4, 0.5) is 5.69 Å². The minimum Gasteiger partial charge on any atom is -0.281 e. The standard InChI is InChI=1S/C22H15N5O5/c1-24-19-17(21(29)25(2)22(24)30)18-15(20(28)26(19)13-6-4-3-5-7-13)11-12-10-14(27(31)32)8-9-16(12)23-18/h3-11H,1-2H3. The Morgan fingerprint density at radius 1 is 0.906 bits per heavy atom. The number of hydrogen-bond acceptors (Lipinski definition) is 6. The molecule has 0 N–H and O–H groups in total. The van der Waals surface area contributed by atoms with E-state index in [0.29, 0.717) is 16.6 Å². The molecule has 0 unspecified atom stereocenters. The summed E-state index contributed by atoms with van der Waals surface area (Å²) in [5, 5.41) is 11.8. The van der Waals surface area contributed by atoms with E-state index in [4.69, 9.17) is 0 Å². The van der Waals surface area contributed by atoms with Gasteiger partial charge in [0.05, 0.1) is 27.0 Å². The molecule has 3 heterocycles. The van der Waals surface area contributed by atoms with Crippen molar-refractivity contribution in [2.75, 3.05) is 0 Å². The molecule has 3 aromatic heterocycles. The highest BCUT2D eigenvalue weighted by atomic mass is 16.6. The summed E-state index contributed by atoms with van der Waals surface area (Å²) in [7, 11) is 2.84. The van der Waals surface area contributed by atoms with Gasteiger partial charge in [-0.15, -0.1) is 0 Å². The molecule has 0 spiro atoms. The predicted molar refractivity (Wildman–Crippen MR) is 119 cm³/mol. The van der Waals surface area contributed by atoms with Gasteiger partial charge in [-0.1, -0.05) is 18.2 Å². The number of non-ortho nitro benzene ring substituents is 1. The van der Waals surface area contributed by atoms with Crippen molar-refractivity contribution in [2.45, 2.75) is 0 Å². The number of nitrogens with zero attached hydrogens (tertiary/aromatic N) is 5. The van der Waals surface area contributed by atoms with Crippen LogP contribution in [0.1, 0.15) is 0 Å². The average molecular weight is 429 g/mol. The van der Waals surface area contributed by atoms with Crippen LogP contribution in [-0.4, -0.2) is 23.6 Å². The Hall–Kier alpha value is -4.60. The van der Waals surface area contributed by atoms with Crippen molar-refractivity contribution in [3.8, 4) is 5.69 Å². The highest BCUT2D eigenvalue weighted by molar-refractivity contribution is 6.06. The molecular weight excluding hydrogens is 414 g/mol. The van der Waals surface area contributed by atoms with Crippen LogP contribution in [0.3, 0.4) is 0 Å². The number of benzene rings is 2. The van der Waals surface area contributed by atoms with E-state index < -0.39 is 21.7 Å². The average Bonchev–Trinajstić information content (AvgIpc) is 2.80.